The lowest BCUT2D eigenvalue weighted by Gasteiger charge is -2.43. The van der Waals surface area contributed by atoms with Crippen LogP contribution in [0.1, 0.15) is 32.3 Å². The minimum Gasteiger partial charge on any atom is -0.472 e. The Kier molecular flexibility index (Phi) is 4.74. The normalized spacial score (nSPS) is 23.9. The van der Waals surface area contributed by atoms with Crippen LogP contribution < -0.4 is 0 Å². The predicted molar refractivity (Wildman–Crippen MR) is 100 cm³/mol. The number of rotatable bonds is 5. The zero-order chi connectivity index (χ0) is 18.1. The standard InChI is InChI=1S/C21H24O3S/c1-16(2)20-10-9-17(3)13-21(20,14-18-11-12-24-15-18)25(22,23)19-7-5-4-6-8-19/h4-9,11-12,15,20H,1,10,13-14H2,2-3H3. The predicted octanol–water partition coefficient (Wildman–Crippen LogP) is 4.97. The average Bonchev–Trinajstić information content (AvgIpc) is 3.08. The van der Waals surface area contributed by atoms with E-state index in [1.807, 2.05) is 26.0 Å². The summed E-state index contributed by atoms with van der Waals surface area (Å²) in [6, 6.07) is 10.6. The van der Waals surface area contributed by atoms with Crippen LogP contribution in [0.3, 0.4) is 0 Å². The molecule has 0 bridgehead atoms. The molecule has 0 amide bonds. The first-order chi connectivity index (χ1) is 11.9. The van der Waals surface area contributed by atoms with E-state index in [-0.39, 0.29) is 5.92 Å². The number of furan rings is 1. The Morgan fingerprint density at radius 1 is 1.28 bits per heavy atom. The minimum atomic E-state index is -3.57. The Morgan fingerprint density at radius 2 is 2.00 bits per heavy atom. The van der Waals surface area contributed by atoms with E-state index in [2.05, 4.69) is 12.7 Å². The number of benzene rings is 1. The fraction of sp³-hybridized carbons (Fsp3) is 0.333. The van der Waals surface area contributed by atoms with Gasteiger partial charge in [0.15, 0.2) is 9.84 Å². The minimum absolute atomic E-state index is 0.128. The van der Waals surface area contributed by atoms with Crippen molar-refractivity contribution in [3.05, 3.63) is 78.3 Å². The zero-order valence-electron chi connectivity index (χ0n) is 14.7. The Balaban J connectivity index is 2.21. The Bertz CT molecular complexity index is 876. The lowest BCUT2D eigenvalue weighted by Crippen LogP contribution is -2.49. The summed E-state index contributed by atoms with van der Waals surface area (Å²) in [6.07, 6.45) is 7.01. The molecular weight excluding hydrogens is 332 g/mol. The fourth-order valence-electron chi connectivity index (χ4n) is 3.99. The van der Waals surface area contributed by atoms with Gasteiger partial charge in [0.25, 0.3) is 0 Å². The molecule has 2 aromatic rings. The molecule has 1 heterocycles. The topological polar surface area (TPSA) is 47.3 Å². The number of hydrogen-bond donors (Lipinski definition) is 0. The van der Waals surface area contributed by atoms with Gasteiger partial charge in [-0.05, 0) is 56.9 Å². The van der Waals surface area contributed by atoms with Gasteiger partial charge in [-0.1, -0.05) is 42.0 Å². The van der Waals surface area contributed by atoms with Crippen LogP contribution in [0, 0.1) is 5.92 Å². The van der Waals surface area contributed by atoms with E-state index >= 15 is 0 Å². The smallest absolute Gasteiger partial charge is 0.185 e. The largest absolute Gasteiger partial charge is 0.472 e. The van der Waals surface area contributed by atoms with Crippen LogP contribution in [-0.2, 0) is 16.3 Å². The van der Waals surface area contributed by atoms with Crippen molar-refractivity contribution in [2.24, 2.45) is 5.92 Å². The SMILES string of the molecule is C=C(C)C1CC=C(C)CC1(Cc1ccoc1)S(=O)(=O)c1ccccc1. The molecule has 0 aliphatic heterocycles. The lowest BCUT2D eigenvalue weighted by molar-refractivity contribution is 0.371. The van der Waals surface area contributed by atoms with Gasteiger partial charge in [0.1, 0.15) is 0 Å². The fourth-order valence-corrected chi connectivity index (χ4v) is 6.42. The first-order valence-corrected chi connectivity index (χ1v) is 9.97. The van der Waals surface area contributed by atoms with Crippen molar-refractivity contribution in [1.82, 2.24) is 0 Å². The van der Waals surface area contributed by atoms with Crippen LogP contribution in [0.5, 0.6) is 0 Å². The molecule has 3 nitrogen and oxygen atoms in total. The molecule has 0 fully saturated rings. The summed E-state index contributed by atoms with van der Waals surface area (Å²) in [6.45, 7) is 8.07. The van der Waals surface area contributed by atoms with Gasteiger partial charge in [0.2, 0.25) is 0 Å². The summed E-state index contributed by atoms with van der Waals surface area (Å²) < 4.78 is 31.9. The molecule has 2 atom stereocenters. The van der Waals surface area contributed by atoms with Crippen molar-refractivity contribution in [3.63, 3.8) is 0 Å². The Labute approximate surface area is 150 Å². The van der Waals surface area contributed by atoms with Gasteiger partial charge >= 0.3 is 0 Å². The number of allylic oxidation sites excluding steroid dienone is 3. The monoisotopic (exact) mass is 356 g/mol. The van der Waals surface area contributed by atoms with Gasteiger partial charge in [-0.3, -0.25) is 0 Å². The van der Waals surface area contributed by atoms with E-state index in [1.165, 1.54) is 0 Å². The second-order valence-electron chi connectivity index (χ2n) is 7.05. The molecule has 132 valence electrons. The Hall–Kier alpha value is -2.07. The van der Waals surface area contributed by atoms with Crippen LogP contribution in [0.15, 0.2) is 82.0 Å². The molecule has 1 aromatic heterocycles. The molecule has 0 saturated carbocycles. The highest BCUT2D eigenvalue weighted by atomic mass is 32.2. The van der Waals surface area contributed by atoms with Gasteiger partial charge in [-0.25, -0.2) is 8.42 Å². The Morgan fingerprint density at radius 3 is 2.60 bits per heavy atom. The first-order valence-electron chi connectivity index (χ1n) is 8.48. The van der Waals surface area contributed by atoms with Crippen LogP contribution in [0.25, 0.3) is 0 Å². The molecule has 1 aliphatic rings. The van der Waals surface area contributed by atoms with E-state index in [1.54, 1.807) is 36.8 Å². The van der Waals surface area contributed by atoms with Crippen molar-refractivity contribution in [1.29, 1.82) is 0 Å². The molecule has 25 heavy (non-hydrogen) atoms. The highest BCUT2D eigenvalue weighted by molar-refractivity contribution is 7.92. The second-order valence-corrected chi connectivity index (χ2v) is 9.34. The molecule has 2 unspecified atom stereocenters. The summed E-state index contributed by atoms with van der Waals surface area (Å²) >= 11 is 0. The van der Waals surface area contributed by atoms with E-state index in [0.717, 1.165) is 16.7 Å². The summed E-state index contributed by atoms with van der Waals surface area (Å²) in [5.41, 5.74) is 2.92. The maximum Gasteiger partial charge on any atom is 0.185 e. The maximum atomic E-state index is 13.8. The molecule has 0 spiro atoms. The summed E-state index contributed by atoms with van der Waals surface area (Å²) in [5, 5.41) is 0. The number of hydrogen-bond acceptors (Lipinski definition) is 3. The van der Waals surface area contributed by atoms with Gasteiger partial charge in [-0.15, -0.1) is 0 Å². The highest BCUT2D eigenvalue weighted by Gasteiger charge is 2.52. The molecule has 0 radical (unpaired) electrons. The first kappa shape index (κ1) is 17.7. The van der Waals surface area contributed by atoms with E-state index in [9.17, 15) is 8.42 Å². The highest BCUT2D eigenvalue weighted by Crippen LogP contribution is 2.47. The zero-order valence-corrected chi connectivity index (χ0v) is 15.6. The third-order valence-corrected chi connectivity index (χ3v) is 7.72. The average molecular weight is 356 g/mol. The van der Waals surface area contributed by atoms with E-state index < -0.39 is 14.6 Å². The van der Waals surface area contributed by atoms with Gasteiger partial charge in [-0.2, -0.15) is 0 Å². The lowest BCUT2D eigenvalue weighted by atomic mass is 9.73. The van der Waals surface area contributed by atoms with Crippen molar-refractivity contribution in [2.45, 2.75) is 42.8 Å². The molecule has 4 heteroatoms. The third-order valence-electron chi connectivity index (χ3n) is 5.18. The van der Waals surface area contributed by atoms with Crippen molar-refractivity contribution >= 4 is 9.84 Å². The third kappa shape index (κ3) is 3.11. The van der Waals surface area contributed by atoms with Gasteiger partial charge in [0.05, 0.1) is 22.2 Å². The second kappa shape index (κ2) is 6.68. The summed E-state index contributed by atoms with van der Waals surface area (Å²) in [4.78, 5) is 0.374. The molecule has 0 saturated heterocycles. The van der Waals surface area contributed by atoms with Crippen LogP contribution in [0.2, 0.25) is 0 Å². The van der Waals surface area contributed by atoms with Crippen LogP contribution in [0.4, 0.5) is 0 Å². The quantitative estimate of drug-likeness (QED) is 0.711. The van der Waals surface area contributed by atoms with E-state index in [4.69, 9.17) is 4.42 Å². The maximum absolute atomic E-state index is 13.8. The van der Waals surface area contributed by atoms with Crippen molar-refractivity contribution < 1.29 is 12.8 Å². The number of sulfone groups is 1. The summed E-state index contributed by atoms with van der Waals surface area (Å²) in [7, 11) is -3.57. The molecule has 1 aromatic carbocycles. The van der Waals surface area contributed by atoms with E-state index in [0.29, 0.717) is 24.2 Å². The molecule has 3 rings (SSSR count). The van der Waals surface area contributed by atoms with Crippen molar-refractivity contribution in [2.75, 3.05) is 0 Å². The molecular formula is C21H24O3S. The molecule has 0 N–H and O–H groups in total. The van der Waals surface area contributed by atoms with Crippen molar-refractivity contribution in [3.8, 4) is 0 Å². The van der Waals surface area contributed by atoms with Crippen LogP contribution >= 0.6 is 0 Å². The molecule has 1 aliphatic carbocycles. The summed E-state index contributed by atoms with van der Waals surface area (Å²) in [5.74, 6) is -0.128. The van der Waals surface area contributed by atoms with Gasteiger partial charge in [0, 0.05) is 5.92 Å². The van der Waals surface area contributed by atoms with Crippen LogP contribution in [-0.4, -0.2) is 13.2 Å². The van der Waals surface area contributed by atoms with Gasteiger partial charge < -0.3 is 4.42 Å².